The van der Waals surface area contributed by atoms with Gasteiger partial charge in [0.05, 0.1) is 30.1 Å². The van der Waals surface area contributed by atoms with Gasteiger partial charge < -0.3 is 27.6 Å². The summed E-state index contributed by atoms with van der Waals surface area (Å²) in [4.78, 5) is -0.538. The molecule has 40 heavy (non-hydrogen) atoms. The van der Waals surface area contributed by atoms with Gasteiger partial charge in [-0.15, -0.1) is 0 Å². The van der Waals surface area contributed by atoms with Crippen LogP contribution in [0.5, 0.6) is 0 Å². The summed E-state index contributed by atoms with van der Waals surface area (Å²) in [7, 11) is -0.924. The molecular formula is C24H44N2O8P2S4. The summed E-state index contributed by atoms with van der Waals surface area (Å²) in [6, 6.07) is 4.02. The van der Waals surface area contributed by atoms with Crippen LogP contribution in [0.2, 0.25) is 0 Å². The number of hydrogen-bond donors (Lipinski definition) is 0. The molecule has 10 nitrogen and oxygen atoms in total. The van der Waals surface area contributed by atoms with E-state index in [4.69, 9.17) is 53.5 Å². The molecule has 0 N–H and O–H groups in total. The highest BCUT2D eigenvalue weighted by atomic mass is 32.2. The molecule has 0 heterocycles. The molecule has 0 aliphatic carbocycles. The number of ether oxygens (including phenoxy) is 2. The summed E-state index contributed by atoms with van der Waals surface area (Å²) in [6.07, 6.45) is 0.705. The Morgan fingerprint density at radius 2 is 1.30 bits per heavy atom. The van der Waals surface area contributed by atoms with E-state index in [-0.39, 0.29) is 18.6 Å². The van der Waals surface area contributed by atoms with Gasteiger partial charge in [-0.05, 0) is 56.5 Å². The highest BCUT2D eigenvalue weighted by Gasteiger charge is 2.36. The standard InChI is InChI=1S/C12H22NO4PS2.C8H13NOS2.C4H9O3P/c1-9(2)10(3)17-12(19)20-11(7-6-8-13)18(14,15-4)16-5;1-6(2)7(3)10-8(11)12-5-4-9;1-4-8(5,6-2)7-3/h9-11H,6-7H2,1-5H3;6-7H,5H2,1-3H3;4H,1H2,2-3H3. The summed E-state index contributed by atoms with van der Waals surface area (Å²) in [5.41, 5.74) is 0. The van der Waals surface area contributed by atoms with Crippen molar-refractivity contribution in [2.45, 2.75) is 71.6 Å². The van der Waals surface area contributed by atoms with Crippen molar-refractivity contribution in [2.75, 3.05) is 34.2 Å². The smallest absolute Gasteiger partial charge is 0.353 e. The zero-order valence-corrected chi connectivity index (χ0v) is 30.0. The molecule has 3 unspecified atom stereocenters. The lowest BCUT2D eigenvalue weighted by molar-refractivity contribution is 0.168. The first-order valence-corrected chi connectivity index (χ1v) is 18.0. The second kappa shape index (κ2) is 25.0. The van der Waals surface area contributed by atoms with Gasteiger partial charge in [-0.2, -0.15) is 10.5 Å². The van der Waals surface area contributed by atoms with Gasteiger partial charge in [-0.1, -0.05) is 57.8 Å². The molecule has 232 valence electrons. The van der Waals surface area contributed by atoms with E-state index in [1.165, 1.54) is 40.2 Å². The molecular weight excluding hydrogens is 634 g/mol. The van der Waals surface area contributed by atoms with Crippen LogP contribution in [-0.4, -0.2) is 60.2 Å². The van der Waals surface area contributed by atoms with Crippen LogP contribution in [0.15, 0.2) is 12.4 Å². The summed E-state index contributed by atoms with van der Waals surface area (Å²) in [5, 5.41) is 17.0. The lowest BCUT2D eigenvalue weighted by Gasteiger charge is -2.25. The van der Waals surface area contributed by atoms with Crippen LogP contribution >= 0.6 is 63.2 Å². The number of nitrogens with zero attached hydrogens (tertiary/aromatic N) is 2. The molecule has 0 saturated heterocycles. The van der Waals surface area contributed by atoms with E-state index >= 15 is 0 Å². The molecule has 0 saturated carbocycles. The van der Waals surface area contributed by atoms with E-state index in [1.54, 1.807) is 0 Å². The Balaban J connectivity index is -0.000000578. The Bertz CT molecular complexity index is 910. The third-order valence-corrected chi connectivity index (χ3v) is 11.8. The third-order valence-electron chi connectivity index (χ3n) is 5.03. The van der Waals surface area contributed by atoms with Crippen molar-refractivity contribution in [3.63, 3.8) is 0 Å². The van der Waals surface area contributed by atoms with Gasteiger partial charge >= 0.3 is 15.2 Å². The second-order valence-corrected chi connectivity index (χ2v) is 16.7. The van der Waals surface area contributed by atoms with Crippen molar-refractivity contribution in [1.29, 1.82) is 10.5 Å². The van der Waals surface area contributed by atoms with E-state index in [2.05, 4.69) is 29.5 Å². The molecule has 0 aromatic carbocycles. The van der Waals surface area contributed by atoms with Crippen LogP contribution < -0.4 is 0 Å². The molecule has 0 rings (SSSR count). The minimum Gasteiger partial charge on any atom is -0.475 e. The Hall–Kier alpha value is -0.500. The van der Waals surface area contributed by atoms with Crippen molar-refractivity contribution in [3.05, 3.63) is 12.4 Å². The molecule has 0 amide bonds. The number of thiocarbonyl (C=S) groups is 2. The monoisotopic (exact) mass is 678 g/mol. The van der Waals surface area contributed by atoms with Crippen LogP contribution in [0.1, 0.15) is 54.4 Å². The van der Waals surface area contributed by atoms with Crippen LogP contribution in [0.4, 0.5) is 0 Å². The van der Waals surface area contributed by atoms with Gasteiger partial charge in [0.25, 0.3) is 0 Å². The highest BCUT2D eigenvalue weighted by Crippen LogP contribution is 2.57. The quantitative estimate of drug-likeness (QED) is 0.128. The molecule has 3 atom stereocenters. The predicted octanol–water partition coefficient (Wildman–Crippen LogP) is 8.39. The van der Waals surface area contributed by atoms with Gasteiger partial charge in [0.2, 0.25) is 8.77 Å². The first-order chi connectivity index (χ1) is 18.6. The van der Waals surface area contributed by atoms with E-state index in [0.29, 0.717) is 32.8 Å². The maximum absolute atomic E-state index is 12.4. The van der Waals surface area contributed by atoms with Crippen LogP contribution in [0.25, 0.3) is 0 Å². The molecule has 16 heteroatoms. The minimum atomic E-state index is -3.30. The fourth-order valence-corrected chi connectivity index (χ4v) is 6.78. The molecule has 0 aromatic heterocycles. The molecule has 0 aliphatic heterocycles. The zero-order chi connectivity index (χ0) is 31.9. The van der Waals surface area contributed by atoms with Gasteiger partial charge in [0.15, 0.2) is 0 Å². The molecule has 0 radical (unpaired) electrons. The highest BCUT2D eigenvalue weighted by molar-refractivity contribution is 8.25. The first kappa shape index (κ1) is 43.9. The zero-order valence-electron chi connectivity index (χ0n) is 25.0. The fraction of sp³-hybridized carbons (Fsp3) is 0.750. The van der Waals surface area contributed by atoms with Crippen molar-refractivity contribution < 1.29 is 36.7 Å². The van der Waals surface area contributed by atoms with Gasteiger partial charge in [-0.25, -0.2) is 0 Å². The number of hydrogen-bond acceptors (Lipinski definition) is 14. The van der Waals surface area contributed by atoms with E-state index < -0.39 is 20.2 Å². The number of nitriles is 2. The third kappa shape index (κ3) is 21.2. The Kier molecular flexibility index (Phi) is 27.5. The summed E-state index contributed by atoms with van der Waals surface area (Å²) >= 11 is 12.5. The van der Waals surface area contributed by atoms with E-state index in [0.717, 1.165) is 17.6 Å². The maximum Gasteiger partial charge on any atom is 0.353 e. The van der Waals surface area contributed by atoms with Crippen LogP contribution in [-0.2, 0) is 36.7 Å². The molecule has 0 aromatic rings. The predicted molar refractivity (Wildman–Crippen MR) is 174 cm³/mol. The average molecular weight is 679 g/mol. The van der Waals surface area contributed by atoms with Crippen molar-refractivity contribution in [2.24, 2.45) is 11.8 Å². The van der Waals surface area contributed by atoms with Crippen LogP contribution in [0.3, 0.4) is 0 Å². The van der Waals surface area contributed by atoms with Gasteiger partial charge in [0, 0.05) is 40.7 Å². The summed E-state index contributed by atoms with van der Waals surface area (Å²) < 4.78 is 53.8. The number of rotatable bonds is 14. The lowest BCUT2D eigenvalue weighted by atomic mass is 10.1. The normalized spacial score (nSPS) is 13.2. The minimum absolute atomic E-state index is 0.0314. The first-order valence-electron chi connectivity index (χ1n) is 12.1. The molecule has 0 aliphatic rings. The topological polar surface area (TPSA) is 137 Å². The Morgan fingerprint density at radius 1 is 0.850 bits per heavy atom. The lowest BCUT2D eigenvalue weighted by Crippen LogP contribution is -2.19. The maximum atomic E-state index is 12.4. The molecule has 0 spiro atoms. The molecule has 0 bridgehead atoms. The van der Waals surface area contributed by atoms with Crippen molar-refractivity contribution >= 4 is 71.9 Å². The average Bonchev–Trinajstić information content (AvgIpc) is 2.93. The SMILES string of the molecule is C=CP(=O)(OC)OC.CC(C)C(C)OC(=S)SCC#N.COP(=O)(OC)C(CCC#N)SC(=S)OC(C)C(C)C. The summed E-state index contributed by atoms with van der Waals surface area (Å²) in [5.74, 6) is 2.30. The Morgan fingerprint density at radius 3 is 1.60 bits per heavy atom. The second-order valence-electron chi connectivity index (χ2n) is 8.34. The summed E-state index contributed by atoms with van der Waals surface area (Å²) in [6.45, 7) is 15.4. The number of thioether (sulfide) groups is 2. The van der Waals surface area contributed by atoms with Crippen molar-refractivity contribution in [1.82, 2.24) is 0 Å². The molecule has 0 fully saturated rings. The van der Waals surface area contributed by atoms with Gasteiger partial charge in [-0.3, -0.25) is 9.13 Å². The van der Waals surface area contributed by atoms with Crippen LogP contribution in [0, 0.1) is 34.5 Å². The fourth-order valence-electron chi connectivity index (χ4n) is 1.84. The van der Waals surface area contributed by atoms with Gasteiger partial charge in [0.1, 0.15) is 4.99 Å². The van der Waals surface area contributed by atoms with E-state index in [1.807, 2.05) is 39.8 Å². The van der Waals surface area contributed by atoms with E-state index in [9.17, 15) is 9.13 Å². The Labute approximate surface area is 260 Å². The van der Waals surface area contributed by atoms with Crippen molar-refractivity contribution in [3.8, 4) is 12.1 Å². The largest absolute Gasteiger partial charge is 0.475 e.